The summed E-state index contributed by atoms with van der Waals surface area (Å²) in [4.78, 5) is 23.2. The molecule has 0 unspecified atom stereocenters. The molecule has 2 amide bonds. The Bertz CT molecular complexity index is 394. The van der Waals surface area contributed by atoms with Crippen LogP contribution in [-0.4, -0.2) is 11.8 Å². The maximum Gasteiger partial charge on any atom is 0.238 e. The Labute approximate surface area is 174 Å². The van der Waals surface area contributed by atoms with Crippen molar-refractivity contribution in [2.45, 2.75) is 129 Å². The van der Waals surface area contributed by atoms with Gasteiger partial charge in [-0.25, -0.2) is 0 Å². The molecule has 0 saturated carbocycles. The molecule has 164 valence electrons. The normalized spacial score (nSPS) is 11.1. The lowest BCUT2D eigenvalue weighted by atomic mass is 10.1. The Hall–Kier alpha value is -1.32. The summed E-state index contributed by atoms with van der Waals surface area (Å²) in [6, 6.07) is 0. The van der Waals surface area contributed by atoms with Gasteiger partial charge in [-0.3, -0.25) is 20.4 Å². The van der Waals surface area contributed by atoms with Gasteiger partial charge in [-0.05, 0) is 38.5 Å². The lowest BCUT2D eigenvalue weighted by Gasteiger charge is -2.07. The predicted molar refractivity (Wildman–Crippen MR) is 120 cm³/mol. The summed E-state index contributed by atoms with van der Waals surface area (Å²) in [6.07, 6.45) is 25.0. The van der Waals surface area contributed by atoms with Gasteiger partial charge in [0.2, 0.25) is 11.8 Å². The standard InChI is InChI=1S/C24H46N2O2/c1-3-5-7-8-9-10-11-12-13-14-15-16-17-18-20-22-24(28)26-25-23(27)21-19-6-4-2/h12-13H,3-11,14-22H2,1-2H3,(H,25,27)(H,26,28). The van der Waals surface area contributed by atoms with E-state index in [-0.39, 0.29) is 11.8 Å². The van der Waals surface area contributed by atoms with Crippen LogP contribution in [0.3, 0.4) is 0 Å². The zero-order valence-electron chi connectivity index (χ0n) is 18.7. The molecule has 0 fully saturated rings. The summed E-state index contributed by atoms with van der Waals surface area (Å²) in [5.74, 6) is -0.173. The molecule has 0 radical (unpaired) electrons. The second-order valence-electron chi connectivity index (χ2n) is 7.89. The fourth-order valence-corrected chi connectivity index (χ4v) is 3.16. The third kappa shape index (κ3) is 21.0. The van der Waals surface area contributed by atoms with Crippen molar-refractivity contribution in [3.8, 4) is 0 Å². The van der Waals surface area contributed by atoms with Crippen LogP contribution in [0, 0.1) is 0 Å². The van der Waals surface area contributed by atoms with E-state index in [1.54, 1.807) is 0 Å². The Kier molecular flexibility index (Phi) is 20.9. The molecular weight excluding hydrogens is 348 g/mol. The van der Waals surface area contributed by atoms with E-state index >= 15 is 0 Å². The summed E-state index contributed by atoms with van der Waals surface area (Å²) in [6.45, 7) is 4.37. The van der Waals surface area contributed by atoms with Crippen LogP contribution in [0.25, 0.3) is 0 Å². The van der Waals surface area contributed by atoms with E-state index in [1.165, 1.54) is 70.6 Å². The zero-order chi connectivity index (χ0) is 20.7. The van der Waals surface area contributed by atoms with Crippen molar-refractivity contribution < 1.29 is 9.59 Å². The van der Waals surface area contributed by atoms with Gasteiger partial charge in [0.05, 0.1) is 0 Å². The highest BCUT2D eigenvalue weighted by atomic mass is 16.2. The first kappa shape index (κ1) is 26.7. The van der Waals surface area contributed by atoms with Crippen molar-refractivity contribution in [3.05, 3.63) is 12.2 Å². The first-order valence-electron chi connectivity index (χ1n) is 11.9. The predicted octanol–water partition coefficient (Wildman–Crippen LogP) is 6.75. The molecule has 0 aromatic carbocycles. The van der Waals surface area contributed by atoms with E-state index in [4.69, 9.17) is 0 Å². The fourth-order valence-electron chi connectivity index (χ4n) is 3.16. The summed E-state index contributed by atoms with van der Waals surface area (Å²) in [5, 5.41) is 0. The van der Waals surface area contributed by atoms with Crippen LogP contribution < -0.4 is 10.9 Å². The molecule has 0 aromatic heterocycles. The SMILES string of the molecule is CCCCCCCCC=CCCCCCCCC(=O)NNC(=O)CCCCC. The van der Waals surface area contributed by atoms with E-state index in [0.717, 1.165) is 32.1 Å². The average molecular weight is 395 g/mol. The van der Waals surface area contributed by atoms with Crippen molar-refractivity contribution in [3.63, 3.8) is 0 Å². The highest BCUT2D eigenvalue weighted by molar-refractivity contribution is 5.81. The molecule has 2 N–H and O–H groups in total. The molecule has 0 saturated heterocycles. The van der Waals surface area contributed by atoms with Crippen LogP contribution >= 0.6 is 0 Å². The summed E-state index contributed by atoms with van der Waals surface area (Å²) in [5.41, 5.74) is 5.01. The summed E-state index contributed by atoms with van der Waals surface area (Å²) >= 11 is 0. The van der Waals surface area contributed by atoms with Crippen LogP contribution in [0.4, 0.5) is 0 Å². The van der Waals surface area contributed by atoms with Crippen molar-refractivity contribution in [2.24, 2.45) is 0 Å². The molecule has 0 bridgehead atoms. The molecule has 0 aliphatic heterocycles. The number of hydrogen-bond donors (Lipinski definition) is 2. The van der Waals surface area contributed by atoms with Crippen LogP contribution in [0.2, 0.25) is 0 Å². The van der Waals surface area contributed by atoms with Crippen LogP contribution in [0.5, 0.6) is 0 Å². The van der Waals surface area contributed by atoms with Crippen LogP contribution in [0.15, 0.2) is 12.2 Å². The number of rotatable bonds is 19. The minimum absolute atomic E-state index is 0.0820. The highest BCUT2D eigenvalue weighted by Crippen LogP contribution is 2.09. The Morgan fingerprint density at radius 1 is 0.536 bits per heavy atom. The first-order valence-corrected chi connectivity index (χ1v) is 11.9. The van der Waals surface area contributed by atoms with Gasteiger partial charge in [0.25, 0.3) is 0 Å². The van der Waals surface area contributed by atoms with E-state index < -0.39 is 0 Å². The largest absolute Gasteiger partial charge is 0.273 e. The van der Waals surface area contributed by atoms with E-state index in [0.29, 0.717) is 12.8 Å². The van der Waals surface area contributed by atoms with Gasteiger partial charge in [-0.1, -0.05) is 90.2 Å². The Morgan fingerprint density at radius 2 is 0.893 bits per heavy atom. The number of nitrogens with one attached hydrogen (secondary N) is 2. The number of hydrogen-bond acceptors (Lipinski definition) is 2. The van der Waals surface area contributed by atoms with Gasteiger partial charge in [-0.2, -0.15) is 0 Å². The second kappa shape index (κ2) is 22.0. The minimum Gasteiger partial charge on any atom is -0.273 e. The molecule has 0 heterocycles. The van der Waals surface area contributed by atoms with E-state index in [9.17, 15) is 9.59 Å². The smallest absolute Gasteiger partial charge is 0.238 e. The topological polar surface area (TPSA) is 58.2 Å². The number of allylic oxidation sites excluding steroid dienone is 2. The molecule has 0 atom stereocenters. The second-order valence-corrected chi connectivity index (χ2v) is 7.89. The lowest BCUT2D eigenvalue weighted by molar-refractivity contribution is -0.129. The number of carbonyl (C=O) groups is 2. The Balaban J connectivity index is 3.30. The molecule has 0 aromatic rings. The van der Waals surface area contributed by atoms with Gasteiger partial charge < -0.3 is 0 Å². The van der Waals surface area contributed by atoms with Gasteiger partial charge in [0, 0.05) is 12.8 Å². The molecule has 4 nitrogen and oxygen atoms in total. The molecule has 4 heteroatoms. The van der Waals surface area contributed by atoms with E-state index in [2.05, 4.69) is 36.9 Å². The first-order chi connectivity index (χ1) is 13.7. The van der Waals surface area contributed by atoms with Crippen molar-refractivity contribution in [1.29, 1.82) is 0 Å². The van der Waals surface area contributed by atoms with Crippen molar-refractivity contribution in [2.75, 3.05) is 0 Å². The highest BCUT2D eigenvalue weighted by Gasteiger charge is 2.04. The van der Waals surface area contributed by atoms with Crippen molar-refractivity contribution >= 4 is 11.8 Å². The van der Waals surface area contributed by atoms with Crippen LogP contribution in [-0.2, 0) is 9.59 Å². The minimum atomic E-state index is -0.0913. The van der Waals surface area contributed by atoms with Gasteiger partial charge >= 0.3 is 0 Å². The third-order valence-corrected chi connectivity index (χ3v) is 5.01. The number of carbonyl (C=O) groups excluding carboxylic acids is 2. The molecule has 0 spiro atoms. The van der Waals surface area contributed by atoms with E-state index in [1.807, 2.05) is 0 Å². The maximum atomic E-state index is 11.7. The van der Waals surface area contributed by atoms with Gasteiger partial charge in [-0.15, -0.1) is 0 Å². The fraction of sp³-hybridized carbons (Fsp3) is 0.833. The molecular formula is C24H46N2O2. The van der Waals surface area contributed by atoms with Gasteiger partial charge in [0.1, 0.15) is 0 Å². The monoisotopic (exact) mass is 394 g/mol. The average Bonchev–Trinajstić information content (AvgIpc) is 2.69. The molecule has 28 heavy (non-hydrogen) atoms. The molecule has 0 aliphatic carbocycles. The van der Waals surface area contributed by atoms with Crippen LogP contribution in [0.1, 0.15) is 129 Å². The lowest BCUT2D eigenvalue weighted by Crippen LogP contribution is -2.41. The number of amides is 2. The molecule has 0 aliphatic rings. The number of hydrazine groups is 1. The maximum absolute atomic E-state index is 11.7. The van der Waals surface area contributed by atoms with Gasteiger partial charge in [0.15, 0.2) is 0 Å². The zero-order valence-corrected chi connectivity index (χ0v) is 18.7. The number of unbranched alkanes of at least 4 members (excludes halogenated alkanes) is 13. The summed E-state index contributed by atoms with van der Waals surface area (Å²) < 4.78 is 0. The van der Waals surface area contributed by atoms with Crippen molar-refractivity contribution in [1.82, 2.24) is 10.9 Å². The molecule has 0 rings (SSSR count). The third-order valence-electron chi connectivity index (χ3n) is 5.01. The Morgan fingerprint density at radius 3 is 1.39 bits per heavy atom. The summed E-state index contributed by atoms with van der Waals surface area (Å²) in [7, 11) is 0. The quantitative estimate of drug-likeness (QED) is 0.145.